The van der Waals surface area contributed by atoms with E-state index >= 15 is 0 Å². The number of hydrogen-bond donors (Lipinski definition) is 3. The molecule has 2 aromatic carbocycles. The van der Waals surface area contributed by atoms with E-state index in [0.717, 1.165) is 6.26 Å². The van der Waals surface area contributed by atoms with Crippen LogP contribution in [0.25, 0.3) is 10.9 Å². The fraction of sp³-hybridized carbons (Fsp3) is 0.238. The lowest BCUT2D eigenvalue weighted by Gasteiger charge is -2.11. The number of benzene rings is 2. The van der Waals surface area contributed by atoms with Gasteiger partial charge in [0.05, 0.1) is 10.5 Å². The number of fused-ring (bicyclic) bond motifs is 1. The molecule has 3 rings (SSSR count). The minimum Gasteiger partial charge on any atom is -0.355 e. The van der Waals surface area contributed by atoms with Crippen LogP contribution in [-0.4, -0.2) is 48.8 Å². The first-order chi connectivity index (χ1) is 15.6. The molecule has 0 aliphatic heterocycles. The van der Waals surface area contributed by atoms with Gasteiger partial charge < -0.3 is 16.0 Å². The van der Waals surface area contributed by atoms with Crippen molar-refractivity contribution in [1.82, 2.24) is 15.3 Å². The molecule has 0 bridgehead atoms. The summed E-state index contributed by atoms with van der Waals surface area (Å²) in [5.74, 6) is -1.54. The van der Waals surface area contributed by atoms with Crippen LogP contribution >= 0.6 is 11.6 Å². The Hall–Kier alpha value is -3.31. The quantitative estimate of drug-likeness (QED) is 0.390. The van der Waals surface area contributed by atoms with E-state index in [-0.39, 0.29) is 23.9 Å². The molecule has 0 fully saturated rings. The van der Waals surface area contributed by atoms with Gasteiger partial charge in [0.2, 0.25) is 11.8 Å². The lowest BCUT2D eigenvalue weighted by atomic mass is 10.2. The molecular weight excluding hydrogens is 473 g/mol. The Labute approximate surface area is 194 Å². The van der Waals surface area contributed by atoms with Crippen molar-refractivity contribution in [2.75, 3.05) is 29.2 Å². The van der Waals surface area contributed by atoms with Gasteiger partial charge in [-0.2, -0.15) is 0 Å². The maximum Gasteiger partial charge on any atom is 0.235 e. The maximum atomic E-state index is 13.4. The van der Waals surface area contributed by atoms with Crippen molar-refractivity contribution in [1.29, 1.82) is 0 Å². The van der Waals surface area contributed by atoms with E-state index in [0.29, 0.717) is 34.5 Å². The number of nitrogens with one attached hydrogen (secondary N) is 3. The van der Waals surface area contributed by atoms with Gasteiger partial charge in [0, 0.05) is 36.0 Å². The van der Waals surface area contributed by atoms with E-state index in [1.807, 2.05) is 0 Å². The molecule has 0 radical (unpaired) electrons. The Bertz CT molecular complexity index is 1300. The summed E-state index contributed by atoms with van der Waals surface area (Å²) in [6, 6.07) is 9.32. The second kappa shape index (κ2) is 10.5. The monoisotopic (exact) mass is 493 g/mol. The van der Waals surface area contributed by atoms with Crippen LogP contribution in [0.3, 0.4) is 0 Å². The summed E-state index contributed by atoms with van der Waals surface area (Å²) < 4.78 is 35.6. The van der Waals surface area contributed by atoms with Crippen molar-refractivity contribution in [3.63, 3.8) is 0 Å². The van der Waals surface area contributed by atoms with Gasteiger partial charge in [-0.3, -0.25) is 9.59 Å². The van der Waals surface area contributed by atoms with Crippen molar-refractivity contribution in [2.45, 2.75) is 12.8 Å². The Morgan fingerprint density at radius 3 is 2.55 bits per heavy atom. The smallest absolute Gasteiger partial charge is 0.235 e. The van der Waals surface area contributed by atoms with Crippen LogP contribution in [0.1, 0.15) is 12.8 Å². The first-order valence-electron chi connectivity index (χ1n) is 9.82. The Morgan fingerprint density at radius 2 is 1.82 bits per heavy atom. The van der Waals surface area contributed by atoms with E-state index < -0.39 is 27.3 Å². The Balaban J connectivity index is 1.62. The molecule has 0 saturated carbocycles. The van der Waals surface area contributed by atoms with Crippen molar-refractivity contribution >= 4 is 61.3 Å². The lowest BCUT2D eigenvalue weighted by Crippen LogP contribution is -2.31. The maximum absolute atomic E-state index is 13.4. The molecule has 1 aromatic heterocycles. The van der Waals surface area contributed by atoms with Gasteiger partial charge in [0.15, 0.2) is 9.84 Å². The highest BCUT2D eigenvalue weighted by atomic mass is 35.5. The molecular formula is C21H21ClFN5O4S. The zero-order chi connectivity index (χ0) is 24.0. The molecule has 0 saturated heterocycles. The number of aromatic nitrogens is 2. The van der Waals surface area contributed by atoms with E-state index in [4.69, 9.17) is 11.6 Å². The van der Waals surface area contributed by atoms with Crippen molar-refractivity contribution in [2.24, 2.45) is 0 Å². The number of anilines is 3. The van der Waals surface area contributed by atoms with E-state index in [1.165, 1.54) is 24.5 Å². The Kier molecular flexibility index (Phi) is 7.77. The van der Waals surface area contributed by atoms with Crippen molar-refractivity contribution < 1.29 is 22.4 Å². The van der Waals surface area contributed by atoms with Gasteiger partial charge in [-0.1, -0.05) is 11.6 Å². The van der Waals surface area contributed by atoms with E-state index in [1.54, 1.807) is 18.2 Å². The number of carbonyl (C=O) groups is 2. The standard InChI is InChI=1S/C21H21ClFN5O4S/c1-33(31,32)11-20(30)24-8-2-3-19(29)27-13-5-7-18-15(9-13)21(26-12-25-18)28-14-4-6-17(23)16(22)10-14/h4-7,9-10,12H,2-3,8,11H2,1H3,(H,24,30)(H,27,29)(H,25,26,28). The summed E-state index contributed by atoms with van der Waals surface area (Å²) in [6.45, 7) is 0.182. The van der Waals surface area contributed by atoms with Crippen LogP contribution in [0, 0.1) is 5.82 Å². The van der Waals surface area contributed by atoms with Crippen LogP contribution in [0.2, 0.25) is 5.02 Å². The fourth-order valence-electron chi connectivity index (χ4n) is 2.93. The van der Waals surface area contributed by atoms with Gasteiger partial charge in [0.25, 0.3) is 0 Å². The molecule has 174 valence electrons. The summed E-state index contributed by atoms with van der Waals surface area (Å²) in [7, 11) is -3.39. The third-order valence-electron chi connectivity index (χ3n) is 4.40. The molecule has 0 aliphatic carbocycles. The summed E-state index contributed by atoms with van der Waals surface area (Å²) >= 11 is 5.83. The summed E-state index contributed by atoms with van der Waals surface area (Å²) in [5.41, 5.74) is 1.68. The summed E-state index contributed by atoms with van der Waals surface area (Å²) in [6.07, 6.45) is 2.83. The van der Waals surface area contributed by atoms with Crippen molar-refractivity contribution in [3.05, 3.63) is 53.6 Å². The van der Waals surface area contributed by atoms with Crippen LogP contribution in [-0.2, 0) is 19.4 Å². The number of halogens is 2. The van der Waals surface area contributed by atoms with Gasteiger partial charge in [-0.15, -0.1) is 0 Å². The first kappa shape index (κ1) is 24.3. The molecule has 33 heavy (non-hydrogen) atoms. The molecule has 12 heteroatoms. The fourth-order valence-corrected chi connectivity index (χ4v) is 3.69. The van der Waals surface area contributed by atoms with E-state index in [9.17, 15) is 22.4 Å². The largest absolute Gasteiger partial charge is 0.355 e. The number of carbonyl (C=O) groups excluding carboxylic acids is 2. The van der Waals surface area contributed by atoms with Crippen LogP contribution in [0.15, 0.2) is 42.7 Å². The Morgan fingerprint density at radius 1 is 1.06 bits per heavy atom. The first-order valence-corrected chi connectivity index (χ1v) is 12.3. The number of amides is 2. The number of nitrogens with zero attached hydrogens (tertiary/aromatic N) is 2. The SMILES string of the molecule is CS(=O)(=O)CC(=O)NCCCC(=O)Nc1ccc2ncnc(Nc3ccc(F)c(Cl)c3)c2c1. The minimum absolute atomic E-state index is 0.0289. The predicted octanol–water partition coefficient (Wildman–Crippen LogP) is 3.05. The highest BCUT2D eigenvalue weighted by Gasteiger charge is 2.11. The zero-order valence-corrected chi connectivity index (χ0v) is 19.1. The van der Waals surface area contributed by atoms with Gasteiger partial charge in [0.1, 0.15) is 23.7 Å². The molecule has 0 spiro atoms. The average molecular weight is 494 g/mol. The highest BCUT2D eigenvalue weighted by Crippen LogP contribution is 2.27. The minimum atomic E-state index is -3.39. The van der Waals surface area contributed by atoms with Gasteiger partial charge in [-0.25, -0.2) is 22.8 Å². The van der Waals surface area contributed by atoms with E-state index in [2.05, 4.69) is 25.9 Å². The summed E-state index contributed by atoms with van der Waals surface area (Å²) in [5, 5.41) is 8.90. The molecule has 3 aromatic rings. The number of hydrogen-bond acceptors (Lipinski definition) is 7. The highest BCUT2D eigenvalue weighted by molar-refractivity contribution is 7.91. The number of sulfone groups is 1. The average Bonchev–Trinajstić information content (AvgIpc) is 2.73. The second-order valence-corrected chi connectivity index (χ2v) is 9.83. The summed E-state index contributed by atoms with van der Waals surface area (Å²) in [4.78, 5) is 32.2. The number of rotatable bonds is 9. The third kappa shape index (κ3) is 7.36. The normalized spacial score (nSPS) is 11.2. The van der Waals surface area contributed by atoms with Gasteiger partial charge in [-0.05, 0) is 42.8 Å². The molecule has 9 nitrogen and oxygen atoms in total. The molecule has 0 unspecified atom stereocenters. The topological polar surface area (TPSA) is 130 Å². The molecule has 0 aliphatic rings. The predicted molar refractivity (Wildman–Crippen MR) is 125 cm³/mol. The third-order valence-corrected chi connectivity index (χ3v) is 5.47. The molecule has 3 N–H and O–H groups in total. The van der Waals surface area contributed by atoms with Crippen LogP contribution < -0.4 is 16.0 Å². The molecule has 1 heterocycles. The second-order valence-electron chi connectivity index (χ2n) is 7.28. The zero-order valence-electron chi connectivity index (χ0n) is 17.6. The molecule has 2 amide bonds. The van der Waals surface area contributed by atoms with Crippen LogP contribution in [0.5, 0.6) is 0 Å². The van der Waals surface area contributed by atoms with Crippen molar-refractivity contribution in [3.8, 4) is 0 Å². The van der Waals surface area contributed by atoms with Gasteiger partial charge >= 0.3 is 0 Å². The molecule has 0 atom stereocenters. The van der Waals surface area contributed by atoms with Crippen LogP contribution in [0.4, 0.5) is 21.6 Å². The lowest BCUT2D eigenvalue weighted by molar-refractivity contribution is -0.119.